The molecular formula is C22H23N3O2. The molecule has 1 amide bonds. The lowest BCUT2D eigenvalue weighted by molar-refractivity contribution is -0.121. The first-order chi connectivity index (χ1) is 13.2. The van der Waals surface area contributed by atoms with E-state index >= 15 is 0 Å². The van der Waals surface area contributed by atoms with Crippen LogP contribution in [0.1, 0.15) is 37.1 Å². The lowest BCUT2D eigenvalue weighted by Gasteiger charge is -2.42. The summed E-state index contributed by atoms with van der Waals surface area (Å²) < 4.78 is 0. The number of para-hydroxylation sites is 1. The molecule has 1 aromatic heterocycles. The molecule has 0 saturated heterocycles. The van der Waals surface area contributed by atoms with Gasteiger partial charge in [-0.1, -0.05) is 48.9 Å². The van der Waals surface area contributed by atoms with E-state index in [1.807, 2.05) is 24.3 Å². The van der Waals surface area contributed by atoms with Crippen molar-refractivity contribution in [1.29, 1.82) is 0 Å². The summed E-state index contributed by atoms with van der Waals surface area (Å²) in [6, 6.07) is 17.7. The molecule has 2 N–H and O–H groups in total. The monoisotopic (exact) mass is 361 g/mol. The predicted octanol–water partition coefficient (Wildman–Crippen LogP) is 3.09. The molecule has 0 unspecified atom stereocenters. The van der Waals surface area contributed by atoms with Crippen molar-refractivity contribution >= 4 is 16.8 Å². The number of rotatable bonds is 6. The van der Waals surface area contributed by atoms with E-state index in [0.717, 1.165) is 12.8 Å². The highest BCUT2D eigenvalue weighted by Gasteiger charge is 2.38. The number of hydrogen-bond acceptors (Lipinski definition) is 3. The lowest BCUT2D eigenvalue weighted by Crippen LogP contribution is -2.45. The van der Waals surface area contributed by atoms with Crippen LogP contribution in [0, 0.1) is 0 Å². The fourth-order valence-corrected chi connectivity index (χ4v) is 3.80. The van der Waals surface area contributed by atoms with Crippen molar-refractivity contribution in [3.05, 3.63) is 76.3 Å². The summed E-state index contributed by atoms with van der Waals surface area (Å²) in [6.45, 7) is 0.664. The predicted molar refractivity (Wildman–Crippen MR) is 106 cm³/mol. The van der Waals surface area contributed by atoms with Gasteiger partial charge >= 0.3 is 0 Å². The van der Waals surface area contributed by atoms with Crippen LogP contribution in [-0.2, 0) is 16.6 Å². The molecule has 138 valence electrons. The second kappa shape index (κ2) is 7.35. The second-order valence-corrected chi connectivity index (χ2v) is 7.31. The molecular weight excluding hydrogens is 338 g/mol. The molecule has 0 atom stereocenters. The van der Waals surface area contributed by atoms with E-state index in [1.165, 1.54) is 12.0 Å². The Balaban J connectivity index is 1.37. The van der Waals surface area contributed by atoms with Gasteiger partial charge in [-0.05, 0) is 30.5 Å². The van der Waals surface area contributed by atoms with Crippen LogP contribution >= 0.6 is 0 Å². The van der Waals surface area contributed by atoms with E-state index in [0.29, 0.717) is 36.1 Å². The summed E-state index contributed by atoms with van der Waals surface area (Å²) in [5.41, 5.74) is 1.88. The molecule has 0 aliphatic heterocycles. The quantitative estimate of drug-likeness (QED) is 0.708. The molecule has 4 rings (SSSR count). The Morgan fingerprint density at radius 2 is 1.81 bits per heavy atom. The van der Waals surface area contributed by atoms with Gasteiger partial charge in [0.15, 0.2) is 0 Å². The van der Waals surface area contributed by atoms with Crippen molar-refractivity contribution in [3.8, 4) is 0 Å². The summed E-state index contributed by atoms with van der Waals surface area (Å²) in [6.07, 6.45) is 4.15. The molecule has 3 aromatic rings. The number of hydrogen-bond donors (Lipinski definition) is 2. The van der Waals surface area contributed by atoms with Gasteiger partial charge in [-0.3, -0.25) is 9.59 Å². The largest absolute Gasteiger partial charge is 0.355 e. The highest BCUT2D eigenvalue weighted by molar-refractivity contribution is 5.78. The van der Waals surface area contributed by atoms with Crippen molar-refractivity contribution in [3.63, 3.8) is 0 Å². The molecule has 0 bridgehead atoms. The zero-order chi connectivity index (χ0) is 18.7. The van der Waals surface area contributed by atoms with Crippen LogP contribution in [0.2, 0.25) is 0 Å². The number of aryl methyl sites for hydroxylation is 1. The maximum absolute atomic E-state index is 12.4. The zero-order valence-electron chi connectivity index (χ0n) is 15.2. The van der Waals surface area contributed by atoms with Crippen molar-refractivity contribution in [2.45, 2.75) is 37.5 Å². The van der Waals surface area contributed by atoms with E-state index in [4.69, 9.17) is 0 Å². The third kappa shape index (κ3) is 3.63. The number of carbonyl (C=O) groups excluding carboxylic acids is 1. The van der Waals surface area contributed by atoms with Crippen LogP contribution in [0.5, 0.6) is 0 Å². The van der Waals surface area contributed by atoms with E-state index in [2.05, 4.69) is 39.6 Å². The first-order valence-electron chi connectivity index (χ1n) is 9.46. The number of nitrogens with one attached hydrogen (secondary N) is 2. The van der Waals surface area contributed by atoms with Gasteiger partial charge in [-0.15, -0.1) is 0 Å². The number of amides is 1. The molecule has 1 heterocycles. The standard InChI is InChI=1S/C22H23N3O2/c26-20(23-15-22(13-6-14-22)16-7-2-1-3-8-16)12-11-19-24-18-10-5-4-9-17(18)21(27)25-19/h1-5,7-10H,6,11-15H2,(H,23,26)(H,24,25,27). The van der Waals surface area contributed by atoms with Crippen LogP contribution in [0.25, 0.3) is 10.9 Å². The molecule has 1 fully saturated rings. The SMILES string of the molecule is O=C(CCc1nc2ccccc2c(=O)[nH]1)NCC1(c2ccccc2)CCC1. The van der Waals surface area contributed by atoms with Gasteiger partial charge in [0.25, 0.3) is 5.56 Å². The summed E-state index contributed by atoms with van der Waals surface area (Å²) >= 11 is 0. The first-order valence-corrected chi connectivity index (χ1v) is 9.46. The van der Waals surface area contributed by atoms with Crippen LogP contribution in [0.4, 0.5) is 0 Å². The van der Waals surface area contributed by atoms with Crippen LogP contribution in [-0.4, -0.2) is 22.4 Å². The Morgan fingerprint density at radius 3 is 2.56 bits per heavy atom. The highest BCUT2D eigenvalue weighted by atomic mass is 16.1. The average Bonchev–Trinajstić information content (AvgIpc) is 2.66. The van der Waals surface area contributed by atoms with Gasteiger partial charge in [0.1, 0.15) is 5.82 Å². The number of carbonyl (C=O) groups is 1. The van der Waals surface area contributed by atoms with Gasteiger partial charge in [-0.25, -0.2) is 4.98 Å². The maximum Gasteiger partial charge on any atom is 0.258 e. The van der Waals surface area contributed by atoms with Gasteiger partial charge < -0.3 is 10.3 Å². The van der Waals surface area contributed by atoms with Gasteiger partial charge in [-0.2, -0.15) is 0 Å². The van der Waals surface area contributed by atoms with Crippen molar-refractivity contribution < 1.29 is 4.79 Å². The summed E-state index contributed by atoms with van der Waals surface area (Å²) in [4.78, 5) is 31.7. The maximum atomic E-state index is 12.4. The summed E-state index contributed by atoms with van der Waals surface area (Å²) in [5.74, 6) is 0.545. The highest BCUT2D eigenvalue weighted by Crippen LogP contribution is 2.43. The Labute approximate surface area is 157 Å². The van der Waals surface area contributed by atoms with Gasteiger partial charge in [0.05, 0.1) is 10.9 Å². The van der Waals surface area contributed by atoms with Crippen molar-refractivity contribution in [1.82, 2.24) is 15.3 Å². The second-order valence-electron chi connectivity index (χ2n) is 7.31. The molecule has 5 nitrogen and oxygen atoms in total. The lowest BCUT2D eigenvalue weighted by atomic mass is 9.64. The smallest absolute Gasteiger partial charge is 0.258 e. The molecule has 0 spiro atoms. The van der Waals surface area contributed by atoms with Crippen LogP contribution < -0.4 is 10.9 Å². The van der Waals surface area contributed by atoms with E-state index in [-0.39, 0.29) is 16.9 Å². The van der Waals surface area contributed by atoms with Gasteiger partial charge in [0, 0.05) is 24.8 Å². The third-order valence-electron chi connectivity index (χ3n) is 5.57. The Kier molecular flexibility index (Phi) is 4.75. The number of H-pyrrole nitrogens is 1. The molecule has 1 saturated carbocycles. The van der Waals surface area contributed by atoms with Crippen LogP contribution in [0.15, 0.2) is 59.4 Å². The molecule has 1 aliphatic carbocycles. The van der Waals surface area contributed by atoms with E-state index in [1.54, 1.807) is 6.07 Å². The van der Waals surface area contributed by atoms with E-state index < -0.39 is 0 Å². The number of aromatic nitrogens is 2. The molecule has 27 heavy (non-hydrogen) atoms. The van der Waals surface area contributed by atoms with E-state index in [9.17, 15) is 9.59 Å². The Bertz CT molecular complexity index is 1010. The Morgan fingerprint density at radius 1 is 1.07 bits per heavy atom. The topological polar surface area (TPSA) is 74.8 Å². The number of nitrogens with zero attached hydrogens (tertiary/aromatic N) is 1. The third-order valence-corrected chi connectivity index (χ3v) is 5.57. The number of aromatic amines is 1. The molecule has 1 aliphatic rings. The Hall–Kier alpha value is -2.95. The summed E-state index contributed by atoms with van der Waals surface area (Å²) in [7, 11) is 0. The average molecular weight is 361 g/mol. The number of benzene rings is 2. The fourth-order valence-electron chi connectivity index (χ4n) is 3.80. The zero-order valence-corrected chi connectivity index (χ0v) is 15.2. The number of fused-ring (bicyclic) bond motifs is 1. The minimum atomic E-state index is -0.159. The summed E-state index contributed by atoms with van der Waals surface area (Å²) in [5, 5.41) is 3.66. The van der Waals surface area contributed by atoms with Crippen LogP contribution in [0.3, 0.4) is 0 Å². The first kappa shape index (κ1) is 17.5. The molecule has 0 radical (unpaired) electrons. The minimum Gasteiger partial charge on any atom is -0.355 e. The minimum absolute atomic E-state index is 0.00647. The molecule has 5 heteroatoms. The normalized spacial score (nSPS) is 15.3. The molecule has 2 aromatic carbocycles. The van der Waals surface area contributed by atoms with Crippen molar-refractivity contribution in [2.24, 2.45) is 0 Å². The van der Waals surface area contributed by atoms with Gasteiger partial charge in [0.2, 0.25) is 5.91 Å². The van der Waals surface area contributed by atoms with Crippen molar-refractivity contribution in [2.75, 3.05) is 6.54 Å². The fraction of sp³-hybridized carbons (Fsp3) is 0.318.